The molecule has 0 spiro atoms. The fraction of sp³-hybridized carbons (Fsp3) is 0.917. The molecule has 0 bridgehead atoms. The number of carbonyl (C=O) groups is 1. The van der Waals surface area contributed by atoms with Crippen LogP contribution in [0.2, 0.25) is 0 Å². The summed E-state index contributed by atoms with van der Waals surface area (Å²) in [6, 6.07) is 0. The number of rotatable bonds is 6. The number of aliphatic hydroxyl groups is 2. The number of carboxylic acids is 1. The van der Waals surface area contributed by atoms with Crippen LogP contribution in [0.3, 0.4) is 0 Å². The second-order valence-corrected chi connectivity index (χ2v) is 3.25. The van der Waals surface area contributed by atoms with E-state index in [0.717, 1.165) is 39.4 Å². The third kappa shape index (κ3) is 72.9. The molecule has 0 aromatic heterocycles. The van der Waals surface area contributed by atoms with Crippen molar-refractivity contribution in [2.45, 2.75) is 59.7 Å². The molecule has 0 saturated carbocycles. The molecule has 0 aliphatic heterocycles. The molecule has 0 heterocycles. The van der Waals surface area contributed by atoms with Gasteiger partial charge in [0.1, 0.15) is 0 Å². The van der Waals surface area contributed by atoms with Crippen molar-refractivity contribution < 1.29 is 47.2 Å². The van der Waals surface area contributed by atoms with Gasteiger partial charge in [-0.25, -0.2) is 0 Å². The summed E-state index contributed by atoms with van der Waals surface area (Å²) in [5.41, 5.74) is 0. The Balaban J connectivity index is -0.0000000855. The van der Waals surface area contributed by atoms with Crippen LogP contribution in [0.4, 0.5) is 0 Å². The molecule has 0 radical (unpaired) electrons. The van der Waals surface area contributed by atoms with E-state index in [0.29, 0.717) is 6.42 Å². The maximum Gasteiger partial charge on any atom is 1.00 e. The minimum Gasteiger partial charge on any atom is -0.550 e. The average Bonchev–Trinajstić information content (AvgIpc) is 2.19. The second kappa shape index (κ2) is 25.8. The van der Waals surface area contributed by atoms with Gasteiger partial charge < -0.3 is 24.9 Å². The molecule has 0 aliphatic carbocycles. The van der Waals surface area contributed by atoms with Crippen molar-refractivity contribution in [1.82, 2.24) is 0 Å². The van der Waals surface area contributed by atoms with Crippen molar-refractivity contribution in [1.29, 1.82) is 0 Å². The average molecular weight is 359 g/mol. The Morgan fingerprint density at radius 2 is 1.56 bits per heavy atom. The molecule has 0 aromatic rings. The van der Waals surface area contributed by atoms with Gasteiger partial charge in [0, 0.05) is 19.2 Å². The SMILES string of the molecule is CC(=O)[O-].CCCCCC(O)O.CCOCC.[Ag+]. The standard InChI is InChI=1S/C6H14O2.C4H10O.C2H4O2.Ag/c1-2-3-4-5-6(7)8;1-3-5-4-2;1-2(3)4;/h6-8H,2-5H2,1H3;3-4H2,1-2H3;1H3,(H,3,4);/q;;;+1/p-1. The van der Waals surface area contributed by atoms with Gasteiger partial charge in [0.15, 0.2) is 6.29 Å². The van der Waals surface area contributed by atoms with E-state index < -0.39 is 12.3 Å². The summed E-state index contributed by atoms with van der Waals surface area (Å²) in [4.78, 5) is 8.89. The van der Waals surface area contributed by atoms with Crippen molar-refractivity contribution in [2.75, 3.05) is 13.2 Å². The smallest absolute Gasteiger partial charge is 0.550 e. The van der Waals surface area contributed by atoms with Gasteiger partial charge in [-0.2, -0.15) is 0 Å². The Labute approximate surface area is 126 Å². The van der Waals surface area contributed by atoms with Gasteiger partial charge in [-0.15, -0.1) is 0 Å². The van der Waals surface area contributed by atoms with Gasteiger partial charge in [-0.3, -0.25) is 0 Å². The van der Waals surface area contributed by atoms with Crippen LogP contribution in [0.1, 0.15) is 53.4 Å². The fourth-order valence-electron chi connectivity index (χ4n) is 0.781. The molecule has 2 N–H and O–H groups in total. The van der Waals surface area contributed by atoms with E-state index in [2.05, 4.69) is 6.92 Å². The molecule has 0 aliphatic rings. The van der Waals surface area contributed by atoms with Crippen LogP contribution in [0.5, 0.6) is 0 Å². The predicted octanol–water partition coefficient (Wildman–Crippen LogP) is 0.674. The van der Waals surface area contributed by atoms with Crippen LogP contribution >= 0.6 is 0 Å². The number of unbranched alkanes of at least 4 members (excludes halogenated alkanes) is 2. The van der Waals surface area contributed by atoms with Crippen molar-refractivity contribution in [3.8, 4) is 0 Å². The van der Waals surface area contributed by atoms with Crippen molar-refractivity contribution >= 4 is 5.97 Å². The fourth-order valence-corrected chi connectivity index (χ4v) is 0.781. The molecule has 0 amide bonds. The Kier molecular flexibility index (Phi) is 38.2. The Hall–Kier alpha value is 0.0903. The van der Waals surface area contributed by atoms with Crippen molar-refractivity contribution in [3.63, 3.8) is 0 Å². The van der Waals surface area contributed by atoms with Crippen LogP contribution < -0.4 is 5.11 Å². The van der Waals surface area contributed by atoms with Gasteiger partial charge in [0.05, 0.1) is 0 Å². The number of carbonyl (C=O) groups excluding carboxylic acids is 1. The number of aliphatic carboxylic acids is 1. The molecule has 6 heteroatoms. The summed E-state index contributed by atoms with van der Waals surface area (Å²) in [7, 11) is 0. The first-order valence-corrected chi connectivity index (χ1v) is 6.03. The van der Waals surface area contributed by atoms with Gasteiger partial charge in [-0.05, 0) is 33.6 Å². The summed E-state index contributed by atoms with van der Waals surface area (Å²) in [6.07, 6.45) is 2.58. The van der Waals surface area contributed by atoms with Crippen LogP contribution in [0, 0.1) is 0 Å². The Bertz CT molecular complexity index is 136. The van der Waals surface area contributed by atoms with E-state index in [4.69, 9.17) is 24.9 Å². The summed E-state index contributed by atoms with van der Waals surface area (Å²) in [5.74, 6) is -1.08. The maximum absolute atomic E-state index is 8.89. The summed E-state index contributed by atoms with van der Waals surface area (Å²) in [5, 5.41) is 25.6. The quantitative estimate of drug-likeness (QED) is 0.414. The van der Waals surface area contributed by atoms with Gasteiger partial charge in [-0.1, -0.05) is 19.8 Å². The van der Waals surface area contributed by atoms with Crippen molar-refractivity contribution in [2.24, 2.45) is 0 Å². The van der Waals surface area contributed by atoms with E-state index in [-0.39, 0.29) is 22.4 Å². The third-order valence-electron chi connectivity index (χ3n) is 1.47. The van der Waals surface area contributed by atoms with Crippen LogP contribution in [0.15, 0.2) is 0 Å². The first kappa shape index (κ1) is 26.6. The van der Waals surface area contributed by atoms with E-state index in [1.807, 2.05) is 13.8 Å². The van der Waals surface area contributed by atoms with E-state index in [9.17, 15) is 0 Å². The number of carboxylic acid groups (broad SMARTS) is 1. The normalized spacial score (nSPS) is 8.39. The van der Waals surface area contributed by atoms with Gasteiger partial charge in [0.2, 0.25) is 0 Å². The first-order valence-electron chi connectivity index (χ1n) is 6.03. The minimum absolute atomic E-state index is 0. The number of hydrogen-bond donors (Lipinski definition) is 2. The number of aliphatic hydroxyl groups excluding tert-OH is 1. The molecule has 0 atom stereocenters. The monoisotopic (exact) mass is 358 g/mol. The molecular weight excluding hydrogens is 332 g/mol. The molecule has 18 heavy (non-hydrogen) atoms. The van der Waals surface area contributed by atoms with Crippen molar-refractivity contribution in [3.05, 3.63) is 0 Å². The Morgan fingerprint density at radius 3 is 1.72 bits per heavy atom. The summed E-state index contributed by atoms with van der Waals surface area (Å²) in [6.45, 7) is 8.73. The van der Waals surface area contributed by atoms with Crippen LogP contribution in [-0.4, -0.2) is 35.7 Å². The third-order valence-corrected chi connectivity index (χ3v) is 1.47. The zero-order valence-corrected chi connectivity index (χ0v) is 13.2. The van der Waals surface area contributed by atoms with Gasteiger partial charge in [0.25, 0.3) is 0 Å². The molecule has 0 aromatic carbocycles. The topological polar surface area (TPSA) is 89.8 Å². The second-order valence-electron chi connectivity index (χ2n) is 3.25. The number of ether oxygens (including phenoxy) is 1. The molecule has 0 fully saturated rings. The van der Waals surface area contributed by atoms with E-state index in [1.165, 1.54) is 0 Å². The van der Waals surface area contributed by atoms with E-state index >= 15 is 0 Å². The molecule has 0 rings (SSSR count). The van der Waals surface area contributed by atoms with Crippen LogP contribution in [-0.2, 0) is 31.9 Å². The first-order chi connectivity index (χ1) is 7.92. The predicted molar refractivity (Wildman–Crippen MR) is 65.2 cm³/mol. The Morgan fingerprint density at radius 1 is 1.17 bits per heavy atom. The zero-order valence-electron chi connectivity index (χ0n) is 11.7. The molecule has 0 unspecified atom stereocenters. The van der Waals surface area contributed by atoms with E-state index in [1.54, 1.807) is 0 Å². The molecule has 0 saturated heterocycles. The van der Waals surface area contributed by atoms with Crippen LogP contribution in [0.25, 0.3) is 0 Å². The largest absolute Gasteiger partial charge is 1.00 e. The van der Waals surface area contributed by atoms with Gasteiger partial charge >= 0.3 is 22.4 Å². The molecular formula is C12H27AgO5. The molecule has 116 valence electrons. The summed E-state index contributed by atoms with van der Waals surface area (Å²) < 4.78 is 4.83. The number of hydrogen-bond acceptors (Lipinski definition) is 5. The zero-order chi connectivity index (χ0) is 14.1. The maximum atomic E-state index is 8.89. The minimum atomic E-state index is -1.10. The summed E-state index contributed by atoms with van der Waals surface area (Å²) >= 11 is 0. The molecule has 5 nitrogen and oxygen atoms in total.